The third-order valence-corrected chi connectivity index (χ3v) is 11.2. The van der Waals surface area contributed by atoms with Crippen LogP contribution in [-0.4, -0.2) is 87.5 Å². The van der Waals surface area contributed by atoms with E-state index in [0.717, 1.165) is 135 Å². The van der Waals surface area contributed by atoms with Gasteiger partial charge in [-0.2, -0.15) is 0 Å². The summed E-state index contributed by atoms with van der Waals surface area (Å²) in [6, 6.07) is -0.739. The van der Waals surface area contributed by atoms with E-state index in [0.29, 0.717) is 12.8 Å². The highest BCUT2D eigenvalue weighted by atomic mass is 16.7. The second kappa shape index (κ2) is 46.8. The lowest BCUT2D eigenvalue weighted by atomic mass is 9.99. The number of aliphatic hydroxyl groups is 5. The van der Waals surface area contributed by atoms with Gasteiger partial charge in [0.05, 0.1) is 25.4 Å². The molecule has 1 fully saturated rings. The van der Waals surface area contributed by atoms with Crippen LogP contribution in [0.15, 0.2) is 146 Å². The van der Waals surface area contributed by atoms with E-state index in [-0.39, 0.29) is 12.5 Å². The molecule has 1 amide bonds. The normalized spacial score (nSPS) is 20.8. The Morgan fingerprint density at radius 2 is 0.912 bits per heavy atom. The molecular formula is C59H93NO8. The smallest absolute Gasteiger partial charge is 0.220 e. The van der Waals surface area contributed by atoms with Gasteiger partial charge in [-0.3, -0.25) is 4.79 Å². The molecule has 0 radical (unpaired) electrons. The van der Waals surface area contributed by atoms with Crippen molar-refractivity contribution in [1.29, 1.82) is 0 Å². The molecule has 1 saturated heterocycles. The Balaban J connectivity index is 2.09. The Morgan fingerprint density at radius 1 is 0.515 bits per heavy atom. The van der Waals surface area contributed by atoms with Crippen LogP contribution in [0.2, 0.25) is 0 Å². The van der Waals surface area contributed by atoms with Crippen LogP contribution in [0.4, 0.5) is 0 Å². The van der Waals surface area contributed by atoms with Crippen LogP contribution in [-0.2, 0) is 14.3 Å². The van der Waals surface area contributed by atoms with E-state index in [4.69, 9.17) is 9.47 Å². The lowest BCUT2D eigenvalue weighted by molar-refractivity contribution is -0.302. The minimum Gasteiger partial charge on any atom is -0.394 e. The van der Waals surface area contributed by atoms with Crippen LogP contribution in [0, 0.1) is 0 Å². The van der Waals surface area contributed by atoms with Gasteiger partial charge in [0.25, 0.3) is 0 Å². The summed E-state index contributed by atoms with van der Waals surface area (Å²) in [5, 5.41) is 53.8. The molecule has 1 aliphatic rings. The topological polar surface area (TPSA) is 149 Å². The largest absolute Gasteiger partial charge is 0.394 e. The van der Waals surface area contributed by atoms with E-state index < -0.39 is 49.5 Å². The van der Waals surface area contributed by atoms with Crippen molar-refractivity contribution in [3.63, 3.8) is 0 Å². The monoisotopic (exact) mass is 944 g/mol. The zero-order valence-electron chi connectivity index (χ0n) is 42.0. The predicted molar refractivity (Wildman–Crippen MR) is 285 cm³/mol. The van der Waals surface area contributed by atoms with Crippen molar-refractivity contribution >= 4 is 5.91 Å². The lowest BCUT2D eigenvalue weighted by Crippen LogP contribution is -2.60. The van der Waals surface area contributed by atoms with Gasteiger partial charge in [-0.05, 0) is 103 Å². The predicted octanol–water partition coefficient (Wildman–Crippen LogP) is 12.3. The standard InChI is InChI=1S/C59H93NO8/c1-3-5-7-9-10-11-12-13-14-15-16-17-18-19-20-21-22-23-24-25-26-27-28-29-30-31-32-33-34-35-36-37-38-39-40-41-42-43-44-45-47-49-55(63)60-52(53(62)48-46-8-6-4-2)51-67-59-58(66)57(65)56(64)54(50-61)68-59/h5,7,10-11,13-14,16-17,19-20,22-23,25-26,28-29,31-32,34-35,37-38,40-41,52-54,56-59,61-62,64-66H,3-4,6,8-9,12,15,18,21,24,27,30,33,36,39,42-51H2,1-2H3,(H,60,63)/b7-5-,11-10-,14-13-,17-16-,20-19-,23-22-,26-25-,29-28-,32-31-,35-34-,38-37-,41-40-. The number of nitrogens with one attached hydrogen (secondary N) is 1. The summed E-state index contributed by atoms with van der Waals surface area (Å²) in [4.78, 5) is 12.8. The highest BCUT2D eigenvalue weighted by Gasteiger charge is 2.44. The van der Waals surface area contributed by atoms with Crippen molar-refractivity contribution < 1.29 is 39.8 Å². The van der Waals surface area contributed by atoms with Crippen molar-refractivity contribution in [2.75, 3.05) is 13.2 Å². The lowest BCUT2D eigenvalue weighted by Gasteiger charge is -2.40. The molecule has 0 aromatic heterocycles. The first-order valence-electron chi connectivity index (χ1n) is 26.0. The van der Waals surface area contributed by atoms with E-state index >= 15 is 0 Å². The van der Waals surface area contributed by atoms with Crippen molar-refractivity contribution in [2.45, 2.75) is 204 Å². The molecule has 7 atom stereocenters. The van der Waals surface area contributed by atoms with Gasteiger partial charge in [0.1, 0.15) is 24.4 Å². The van der Waals surface area contributed by atoms with Crippen molar-refractivity contribution in [2.24, 2.45) is 0 Å². The van der Waals surface area contributed by atoms with Gasteiger partial charge >= 0.3 is 0 Å². The highest BCUT2D eigenvalue weighted by Crippen LogP contribution is 2.23. The fourth-order valence-electron chi connectivity index (χ4n) is 7.08. The maximum Gasteiger partial charge on any atom is 0.220 e. The number of hydrogen-bond acceptors (Lipinski definition) is 8. The molecule has 0 bridgehead atoms. The average Bonchev–Trinajstić information content (AvgIpc) is 3.34. The zero-order valence-corrected chi connectivity index (χ0v) is 42.0. The Hall–Kier alpha value is -3.93. The molecule has 1 aliphatic heterocycles. The van der Waals surface area contributed by atoms with Gasteiger partial charge in [0, 0.05) is 6.42 Å². The fraction of sp³-hybridized carbons (Fsp3) is 0.576. The van der Waals surface area contributed by atoms with Gasteiger partial charge < -0.3 is 40.3 Å². The van der Waals surface area contributed by atoms with E-state index in [1.807, 2.05) is 0 Å². The van der Waals surface area contributed by atoms with E-state index in [1.165, 1.54) is 0 Å². The Morgan fingerprint density at radius 3 is 1.32 bits per heavy atom. The van der Waals surface area contributed by atoms with Crippen LogP contribution in [0.3, 0.4) is 0 Å². The van der Waals surface area contributed by atoms with Crippen LogP contribution in [0.1, 0.15) is 162 Å². The zero-order chi connectivity index (χ0) is 49.4. The molecule has 0 aromatic rings. The van der Waals surface area contributed by atoms with Crippen LogP contribution >= 0.6 is 0 Å². The summed E-state index contributed by atoms with van der Waals surface area (Å²) in [5.41, 5.74) is 0. The molecule has 0 saturated carbocycles. The van der Waals surface area contributed by atoms with Crippen LogP contribution in [0.25, 0.3) is 0 Å². The van der Waals surface area contributed by atoms with Crippen LogP contribution < -0.4 is 5.32 Å². The summed E-state index contributed by atoms with van der Waals surface area (Å²) in [7, 11) is 0. The second-order valence-corrected chi connectivity index (χ2v) is 17.2. The van der Waals surface area contributed by atoms with Gasteiger partial charge in [-0.25, -0.2) is 0 Å². The molecule has 9 heteroatoms. The molecule has 1 heterocycles. The quantitative estimate of drug-likeness (QED) is 0.0262. The number of ether oxygens (including phenoxy) is 2. The van der Waals surface area contributed by atoms with Gasteiger partial charge in [0.15, 0.2) is 6.29 Å². The van der Waals surface area contributed by atoms with Gasteiger partial charge in [-0.1, -0.05) is 198 Å². The molecule has 0 aliphatic carbocycles. The highest BCUT2D eigenvalue weighted by molar-refractivity contribution is 5.76. The Kier molecular flexibility index (Phi) is 42.7. The van der Waals surface area contributed by atoms with Gasteiger partial charge in [0.2, 0.25) is 5.91 Å². The van der Waals surface area contributed by atoms with E-state index in [2.05, 4.69) is 165 Å². The first-order chi connectivity index (χ1) is 33.3. The van der Waals surface area contributed by atoms with Crippen molar-refractivity contribution in [1.82, 2.24) is 5.32 Å². The first kappa shape index (κ1) is 62.1. The minimum atomic E-state index is -1.56. The number of aliphatic hydroxyl groups excluding tert-OH is 5. The minimum absolute atomic E-state index is 0.162. The Labute approximate surface area is 413 Å². The number of allylic oxidation sites excluding steroid dienone is 24. The molecule has 6 N–H and O–H groups in total. The van der Waals surface area contributed by atoms with Crippen LogP contribution in [0.5, 0.6) is 0 Å². The molecule has 68 heavy (non-hydrogen) atoms. The maximum absolute atomic E-state index is 12.8. The molecule has 7 unspecified atom stereocenters. The molecule has 9 nitrogen and oxygen atoms in total. The van der Waals surface area contributed by atoms with E-state index in [9.17, 15) is 30.3 Å². The number of hydrogen-bond donors (Lipinski definition) is 6. The SMILES string of the molecule is CC/C=C\C/C=C\C/C=C\C/C=C\C/C=C\C/C=C\C/C=C\C/C=C\C/C=C\C/C=C\C/C=C\C/C=C\CCCCCCC(=O)NC(COC1OC(CO)C(O)C(O)C1O)C(O)CCCCCC. The number of carbonyl (C=O) groups excluding carboxylic acids is 1. The van der Waals surface area contributed by atoms with E-state index in [1.54, 1.807) is 0 Å². The summed E-state index contributed by atoms with van der Waals surface area (Å²) in [6.45, 7) is 3.54. The summed E-state index contributed by atoms with van der Waals surface area (Å²) >= 11 is 0. The number of carbonyl (C=O) groups is 1. The summed E-state index contributed by atoms with van der Waals surface area (Å²) < 4.78 is 11.1. The van der Waals surface area contributed by atoms with Crippen molar-refractivity contribution in [3.8, 4) is 0 Å². The molecule has 0 aromatic carbocycles. The summed E-state index contributed by atoms with van der Waals surface area (Å²) in [6.07, 6.45) is 66.7. The number of unbranched alkanes of at least 4 members (excludes halogenated alkanes) is 7. The Bertz CT molecular complexity index is 1560. The first-order valence-corrected chi connectivity index (χ1v) is 26.0. The third kappa shape index (κ3) is 36.1. The molecule has 382 valence electrons. The number of rotatable bonds is 41. The third-order valence-electron chi connectivity index (χ3n) is 11.2. The molecule has 1 rings (SSSR count). The fourth-order valence-corrected chi connectivity index (χ4v) is 7.08. The average molecular weight is 944 g/mol. The maximum atomic E-state index is 12.8. The molecular weight excluding hydrogens is 851 g/mol. The number of amides is 1. The van der Waals surface area contributed by atoms with Gasteiger partial charge in [-0.15, -0.1) is 0 Å². The molecule has 0 spiro atoms. The second-order valence-electron chi connectivity index (χ2n) is 17.2. The van der Waals surface area contributed by atoms with Crippen molar-refractivity contribution in [3.05, 3.63) is 146 Å². The summed E-state index contributed by atoms with van der Waals surface area (Å²) in [5.74, 6) is -0.186.